The SMILES string of the molecule is Cc1nn(C)c(C)c1CC(=O)NCC1(N2CCOCC2)CCCCC1. The van der Waals surface area contributed by atoms with Gasteiger partial charge in [-0.25, -0.2) is 0 Å². The highest BCUT2D eigenvalue weighted by atomic mass is 16.5. The smallest absolute Gasteiger partial charge is 0.224 e. The number of amides is 1. The quantitative estimate of drug-likeness (QED) is 0.880. The summed E-state index contributed by atoms with van der Waals surface area (Å²) in [5.41, 5.74) is 3.21. The van der Waals surface area contributed by atoms with Crippen LogP contribution >= 0.6 is 0 Å². The Morgan fingerprint density at radius 1 is 1.20 bits per heavy atom. The number of carbonyl (C=O) groups is 1. The van der Waals surface area contributed by atoms with Crippen molar-refractivity contribution < 1.29 is 9.53 Å². The van der Waals surface area contributed by atoms with Crippen molar-refractivity contribution in [1.29, 1.82) is 0 Å². The zero-order valence-electron chi connectivity index (χ0n) is 15.9. The molecule has 6 heteroatoms. The van der Waals surface area contributed by atoms with Crippen molar-refractivity contribution in [2.45, 2.75) is 57.9 Å². The first-order valence-electron chi connectivity index (χ1n) is 9.60. The van der Waals surface area contributed by atoms with E-state index in [2.05, 4.69) is 15.3 Å². The molecule has 2 fully saturated rings. The fraction of sp³-hybridized carbons (Fsp3) is 0.789. The van der Waals surface area contributed by atoms with Crippen molar-refractivity contribution in [2.75, 3.05) is 32.8 Å². The molecule has 0 bridgehead atoms. The number of nitrogens with zero attached hydrogens (tertiary/aromatic N) is 3. The van der Waals surface area contributed by atoms with E-state index < -0.39 is 0 Å². The molecule has 1 aliphatic heterocycles. The molecular formula is C19H32N4O2. The van der Waals surface area contributed by atoms with Crippen LogP contribution in [0.1, 0.15) is 49.1 Å². The van der Waals surface area contributed by atoms with Crippen LogP contribution in [0.2, 0.25) is 0 Å². The van der Waals surface area contributed by atoms with Crippen LogP contribution in [0.25, 0.3) is 0 Å². The maximum atomic E-state index is 12.6. The summed E-state index contributed by atoms with van der Waals surface area (Å²) in [4.78, 5) is 15.2. The van der Waals surface area contributed by atoms with Gasteiger partial charge in [0.25, 0.3) is 0 Å². The van der Waals surface area contributed by atoms with E-state index in [0.29, 0.717) is 6.42 Å². The van der Waals surface area contributed by atoms with Gasteiger partial charge in [0.1, 0.15) is 0 Å². The molecule has 0 aromatic carbocycles. The number of ether oxygens (including phenoxy) is 1. The Balaban J connectivity index is 1.63. The van der Waals surface area contributed by atoms with E-state index in [9.17, 15) is 4.79 Å². The number of hydrogen-bond acceptors (Lipinski definition) is 4. The first-order valence-corrected chi connectivity index (χ1v) is 9.60. The molecule has 1 aromatic rings. The Labute approximate surface area is 150 Å². The van der Waals surface area contributed by atoms with Gasteiger partial charge in [-0.05, 0) is 26.7 Å². The fourth-order valence-electron chi connectivity index (χ4n) is 4.41. The van der Waals surface area contributed by atoms with Crippen molar-refractivity contribution in [3.63, 3.8) is 0 Å². The zero-order valence-corrected chi connectivity index (χ0v) is 15.9. The van der Waals surface area contributed by atoms with E-state index in [1.165, 1.54) is 32.1 Å². The van der Waals surface area contributed by atoms with Crippen LogP contribution in [0.3, 0.4) is 0 Å². The van der Waals surface area contributed by atoms with Gasteiger partial charge in [0.15, 0.2) is 0 Å². The van der Waals surface area contributed by atoms with Crippen molar-refractivity contribution in [1.82, 2.24) is 20.0 Å². The third-order valence-electron chi connectivity index (χ3n) is 6.08. The second kappa shape index (κ2) is 7.87. The van der Waals surface area contributed by atoms with E-state index in [0.717, 1.165) is 49.8 Å². The van der Waals surface area contributed by atoms with Gasteiger partial charge in [-0.1, -0.05) is 19.3 Å². The molecule has 0 unspecified atom stereocenters. The van der Waals surface area contributed by atoms with Crippen LogP contribution < -0.4 is 5.32 Å². The highest BCUT2D eigenvalue weighted by Crippen LogP contribution is 2.33. The maximum Gasteiger partial charge on any atom is 0.224 e. The maximum absolute atomic E-state index is 12.6. The second-order valence-corrected chi connectivity index (χ2v) is 7.61. The first-order chi connectivity index (χ1) is 12.0. The monoisotopic (exact) mass is 348 g/mol. The van der Waals surface area contributed by atoms with E-state index in [1.54, 1.807) is 0 Å². The summed E-state index contributed by atoms with van der Waals surface area (Å²) < 4.78 is 7.39. The number of morpholine rings is 1. The number of carbonyl (C=O) groups excluding carboxylic acids is 1. The second-order valence-electron chi connectivity index (χ2n) is 7.61. The molecule has 25 heavy (non-hydrogen) atoms. The Hall–Kier alpha value is -1.40. The van der Waals surface area contributed by atoms with Gasteiger partial charge < -0.3 is 10.1 Å². The van der Waals surface area contributed by atoms with Crippen LogP contribution in [0.4, 0.5) is 0 Å². The molecular weight excluding hydrogens is 316 g/mol. The summed E-state index contributed by atoms with van der Waals surface area (Å²) in [5, 5.41) is 7.66. The Bertz CT molecular complexity index is 599. The minimum Gasteiger partial charge on any atom is -0.379 e. The van der Waals surface area contributed by atoms with Gasteiger partial charge in [0.05, 0.1) is 25.3 Å². The highest BCUT2D eigenvalue weighted by Gasteiger charge is 2.38. The Morgan fingerprint density at radius 3 is 2.48 bits per heavy atom. The van der Waals surface area contributed by atoms with Crippen LogP contribution in [0.15, 0.2) is 0 Å². The molecule has 2 aliphatic rings. The van der Waals surface area contributed by atoms with Gasteiger partial charge in [-0.2, -0.15) is 5.10 Å². The van der Waals surface area contributed by atoms with E-state index in [-0.39, 0.29) is 11.4 Å². The summed E-state index contributed by atoms with van der Waals surface area (Å²) in [5.74, 6) is 0.109. The normalized spacial score (nSPS) is 21.2. The minimum atomic E-state index is 0.109. The van der Waals surface area contributed by atoms with Crippen LogP contribution in [-0.4, -0.2) is 59.0 Å². The summed E-state index contributed by atoms with van der Waals surface area (Å²) in [6.07, 6.45) is 6.61. The van der Waals surface area contributed by atoms with Crippen molar-refractivity contribution in [3.8, 4) is 0 Å². The number of aryl methyl sites for hydroxylation is 2. The molecule has 2 heterocycles. The van der Waals surface area contributed by atoms with Gasteiger partial charge in [-0.3, -0.25) is 14.4 Å². The topological polar surface area (TPSA) is 59.4 Å². The van der Waals surface area contributed by atoms with Crippen molar-refractivity contribution in [3.05, 3.63) is 17.0 Å². The molecule has 1 saturated heterocycles. The lowest BCUT2D eigenvalue weighted by molar-refractivity contribution is -0.121. The molecule has 0 radical (unpaired) electrons. The van der Waals surface area contributed by atoms with E-state index in [1.807, 2.05) is 25.6 Å². The largest absolute Gasteiger partial charge is 0.379 e. The van der Waals surface area contributed by atoms with E-state index in [4.69, 9.17) is 4.74 Å². The molecule has 0 spiro atoms. The zero-order chi connectivity index (χ0) is 17.9. The van der Waals surface area contributed by atoms with Crippen LogP contribution in [0.5, 0.6) is 0 Å². The Morgan fingerprint density at radius 2 is 1.88 bits per heavy atom. The molecule has 1 aliphatic carbocycles. The first kappa shape index (κ1) is 18.4. The fourth-order valence-corrected chi connectivity index (χ4v) is 4.41. The lowest BCUT2D eigenvalue weighted by Crippen LogP contribution is -2.59. The van der Waals surface area contributed by atoms with Gasteiger partial charge in [-0.15, -0.1) is 0 Å². The Kier molecular flexibility index (Phi) is 5.79. The van der Waals surface area contributed by atoms with Crippen LogP contribution in [-0.2, 0) is 23.0 Å². The molecule has 140 valence electrons. The minimum absolute atomic E-state index is 0.109. The molecule has 3 rings (SSSR count). The molecule has 1 N–H and O–H groups in total. The van der Waals surface area contributed by atoms with Crippen LogP contribution in [0, 0.1) is 13.8 Å². The van der Waals surface area contributed by atoms with Gasteiger partial charge in [0, 0.05) is 43.5 Å². The average Bonchev–Trinajstić information content (AvgIpc) is 2.88. The number of rotatable bonds is 5. The standard InChI is InChI=1S/C19H32N4O2/c1-15-17(16(2)22(3)21-15)13-18(24)20-14-19(7-5-4-6-8-19)23-9-11-25-12-10-23/h4-14H2,1-3H3,(H,20,24). The summed E-state index contributed by atoms with van der Waals surface area (Å²) in [7, 11) is 1.93. The lowest BCUT2D eigenvalue weighted by atomic mass is 9.79. The highest BCUT2D eigenvalue weighted by molar-refractivity contribution is 5.79. The molecule has 1 saturated carbocycles. The third-order valence-corrected chi connectivity index (χ3v) is 6.08. The molecule has 1 amide bonds. The molecule has 6 nitrogen and oxygen atoms in total. The molecule has 0 atom stereocenters. The van der Waals surface area contributed by atoms with E-state index >= 15 is 0 Å². The summed E-state index contributed by atoms with van der Waals surface area (Å²) in [6.45, 7) is 8.34. The molecule has 1 aromatic heterocycles. The number of nitrogens with one attached hydrogen (secondary N) is 1. The number of aromatic nitrogens is 2. The predicted octanol–water partition coefficient (Wildman–Crippen LogP) is 1.73. The van der Waals surface area contributed by atoms with Crippen molar-refractivity contribution in [2.24, 2.45) is 7.05 Å². The summed E-state index contributed by atoms with van der Waals surface area (Å²) in [6, 6.07) is 0. The lowest BCUT2D eigenvalue weighted by Gasteiger charge is -2.48. The average molecular weight is 348 g/mol. The van der Waals surface area contributed by atoms with Gasteiger partial charge >= 0.3 is 0 Å². The van der Waals surface area contributed by atoms with Crippen molar-refractivity contribution >= 4 is 5.91 Å². The summed E-state index contributed by atoms with van der Waals surface area (Å²) >= 11 is 0. The third kappa shape index (κ3) is 4.06. The van der Waals surface area contributed by atoms with Gasteiger partial charge in [0.2, 0.25) is 5.91 Å². The number of hydrogen-bond donors (Lipinski definition) is 1. The predicted molar refractivity (Wildman–Crippen MR) is 97.6 cm³/mol.